The molecule has 0 fully saturated rings. The lowest BCUT2D eigenvalue weighted by Gasteiger charge is -2.04. The topological polar surface area (TPSA) is 61.7 Å². The fourth-order valence-corrected chi connectivity index (χ4v) is 1.94. The maximum Gasteiger partial charge on any atom is 0.0962 e. The highest BCUT2D eigenvalue weighted by Crippen LogP contribution is 2.17. The Kier molecular flexibility index (Phi) is 2.11. The molecule has 0 aliphatic rings. The highest BCUT2D eigenvalue weighted by molar-refractivity contribution is 5.78. The minimum Gasteiger partial charge on any atom is -0.399 e. The van der Waals surface area contributed by atoms with E-state index in [2.05, 4.69) is 14.6 Å². The van der Waals surface area contributed by atoms with Gasteiger partial charge in [-0.1, -0.05) is 0 Å². The summed E-state index contributed by atoms with van der Waals surface area (Å²) >= 11 is 0. The zero-order valence-electron chi connectivity index (χ0n) is 9.54. The van der Waals surface area contributed by atoms with Crippen molar-refractivity contribution >= 4 is 16.7 Å². The summed E-state index contributed by atoms with van der Waals surface area (Å²) in [6.07, 6.45) is 3.63. The Labute approximate surface area is 98.5 Å². The molecule has 86 valence electrons. The van der Waals surface area contributed by atoms with Crippen LogP contribution in [0.15, 0.2) is 36.8 Å². The minimum atomic E-state index is 0.739. The van der Waals surface area contributed by atoms with Gasteiger partial charge in [-0.25, -0.2) is 4.98 Å². The van der Waals surface area contributed by atoms with Crippen LogP contribution in [0.3, 0.4) is 0 Å². The summed E-state index contributed by atoms with van der Waals surface area (Å²) in [6.45, 7) is 0.761. The van der Waals surface area contributed by atoms with Gasteiger partial charge < -0.3 is 10.3 Å². The van der Waals surface area contributed by atoms with E-state index in [0.717, 1.165) is 29.0 Å². The van der Waals surface area contributed by atoms with E-state index in [1.807, 2.05) is 42.3 Å². The SMILES string of the molecule is Cn1nccc1Cn1cnc2cc(N)ccc21. The Bertz CT molecular complexity index is 664. The summed E-state index contributed by atoms with van der Waals surface area (Å²) < 4.78 is 3.95. The number of benzene rings is 1. The van der Waals surface area contributed by atoms with Gasteiger partial charge in [-0.15, -0.1) is 0 Å². The molecule has 5 heteroatoms. The third kappa shape index (κ3) is 1.65. The van der Waals surface area contributed by atoms with E-state index in [9.17, 15) is 0 Å². The Hall–Kier alpha value is -2.30. The Balaban J connectivity index is 2.04. The quantitative estimate of drug-likeness (QED) is 0.673. The van der Waals surface area contributed by atoms with E-state index < -0.39 is 0 Å². The first-order valence-electron chi connectivity index (χ1n) is 5.41. The average molecular weight is 227 g/mol. The number of imidazole rings is 1. The first-order valence-corrected chi connectivity index (χ1v) is 5.41. The smallest absolute Gasteiger partial charge is 0.0962 e. The van der Waals surface area contributed by atoms with Crippen LogP contribution in [0.4, 0.5) is 5.69 Å². The summed E-state index contributed by atoms with van der Waals surface area (Å²) in [5.41, 5.74) is 9.62. The molecule has 0 spiro atoms. The molecule has 0 saturated heterocycles. The van der Waals surface area contributed by atoms with Crippen molar-refractivity contribution in [3.8, 4) is 0 Å². The van der Waals surface area contributed by atoms with Crippen molar-refractivity contribution in [2.75, 3.05) is 5.73 Å². The van der Waals surface area contributed by atoms with E-state index in [0.29, 0.717) is 0 Å². The highest BCUT2D eigenvalue weighted by atomic mass is 15.3. The van der Waals surface area contributed by atoms with Crippen LogP contribution in [0.25, 0.3) is 11.0 Å². The fraction of sp³-hybridized carbons (Fsp3) is 0.167. The minimum absolute atomic E-state index is 0.739. The molecule has 2 heterocycles. The van der Waals surface area contributed by atoms with E-state index >= 15 is 0 Å². The fourth-order valence-electron chi connectivity index (χ4n) is 1.94. The highest BCUT2D eigenvalue weighted by Gasteiger charge is 2.05. The van der Waals surface area contributed by atoms with Crippen molar-refractivity contribution in [3.05, 3.63) is 42.5 Å². The summed E-state index contributed by atoms with van der Waals surface area (Å²) in [4.78, 5) is 4.34. The van der Waals surface area contributed by atoms with Crippen LogP contribution in [-0.2, 0) is 13.6 Å². The number of rotatable bonds is 2. The van der Waals surface area contributed by atoms with Gasteiger partial charge in [0.05, 0.1) is 29.6 Å². The Morgan fingerprint density at radius 2 is 2.18 bits per heavy atom. The second kappa shape index (κ2) is 3.62. The third-order valence-corrected chi connectivity index (χ3v) is 2.90. The standard InChI is InChI=1S/C12H13N5/c1-16-10(4-5-15-16)7-17-8-14-11-6-9(13)2-3-12(11)17/h2-6,8H,7,13H2,1H3. The summed E-state index contributed by atoms with van der Waals surface area (Å²) in [5, 5.41) is 4.15. The van der Waals surface area contributed by atoms with Crippen LogP contribution < -0.4 is 5.73 Å². The average Bonchev–Trinajstić information content (AvgIpc) is 2.87. The van der Waals surface area contributed by atoms with Crippen molar-refractivity contribution in [2.24, 2.45) is 7.05 Å². The largest absolute Gasteiger partial charge is 0.399 e. The predicted octanol–water partition coefficient (Wildman–Crippen LogP) is 1.40. The molecule has 2 aromatic heterocycles. The van der Waals surface area contributed by atoms with Gasteiger partial charge in [0.2, 0.25) is 0 Å². The van der Waals surface area contributed by atoms with Crippen molar-refractivity contribution in [3.63, 3.8) is 0 Å². The Morgan fingerprint density at radius 1 is 1.29 bits per heavy atom. The normalized spacial score (nSPS) is 11.1. The molecule has 0 unspecified atom stereocenters. The van der Waals surface area contributed by atoms with Gasteiger partial charge in [-0.2, -0.15) is 5.10 Å². The van der Waals surface area contributed by atoms with Gasteiger partial charge in [-0.3, -0.25) is 4.68 Å². The summed E-state index contributed by atoms with van der Waals surface area (Å²) in [7, 11) is 1.94. The van der Waals surface area contributed by atoms with E-state index in [1.165, 1.54) is 0 Å². The van der Waals surface area contributed by atoms with Gasteiger partial charge in [0.25, 0.3) is 0 Å². The van der Waals surface area contributed by atoms with Crippen molar-refractivity contribution < 1.29 is 0 Å². The van der Waals surface area contributed by atoms with Crippen molar-refractivity contribution in [1.82, 2.24) is 19.3 Å². The predicted molar refractivity (Wildman–Crippen MR) is 66.5 cm³/mol. The number of fused-ring (bicyclic) bond motifs is 1. The molecule has 0 saturated carbocycles. The maximum absolute atomic E-state index is 5.73. The molecule has 3 rings (SSSR count). The second-order valence-corrected chi connectivity index (χ2v) is 4.07. The summed E-state index contributed by atoms with van der Waals surface area (Å²) in [5.74, 6) is 0. The molecule has 2 N–H and O–H groups in total. The molecule has 0 radical (unpaired) electrons. The number of nitrogen functional groups attached to an aromatic ring is 1. The molecule has 3 aromatic rings. The first-order chi connectivity index (χ1) is 8.24. The number of hydrogen-bond acceptors (Lipinski definition) is 3. The lowest BCUT2D eigenvalue weighted by molar-refractivity contribution is 0.674. The number of aromatic nitrogens is 4. The third-order valence-electron chi connectivity index (χ3n) is 2.90. The van der Waals surface area contributed by atoms with Gasteiger partial charge in [0.1, 0.15) is 0 Å². The van der Waals surface area contributed by atoms with Gasteiger partial charge in [0, 0.05) is 18.9 Å². The van der Waals surface area contributed by atoms with Gasteiger partial charge in [0.15, 0.2) is 0 Å². The molecule has 1 aromatic carbocycles. The van der Waals surface area contributed by atoms with Crippen molar-refractivity contribution in [2.45, 2.75) is 6.54 Å². The second-order valence-electron chi connectivity index (χ2n) is 4.07. The van der Waals surface area contributed by atoms with Crippen molar-refractivity contribution in [1.29, 1.82) is 0 Å². The number of aryl methyl sites for hydroxylation is 1. The molecule has 0 aliphatic carbocycles. The number of nitrogens with two attached hydrogens (primary N) is 1. The first kappa shape index (κ1) is 9.89. The summed E-state index contributed by atoms with van der Waals surface area (Å²) in [6, 6.07) is 7.77. The van der Waals surface area contributed by atoms with E-state index in [1.54, 1.807) is 6.20 Å². The van der Waals surface area contributed by atoms with Crippen LogP contribution in [0, 0.1) is 0 Å². The van der Waals surface area contributed by atoms with Crippen LogP contribution in [0.5, 0.6) is 0 Å². The van der Waals surface area contributed by atoms with Crippen LogP contribution in [0.2, 0.25) is 0 Å². The lowest BCUT2D eigenvalue weighted by atomic mass is 10.3. The van der Waals surface area contributed by atoms with Gasteiger partial charge in [-0.05, 0) is 24.3 Å². The molecule has 0 bridgehead atoms. The molecule has 17 heavy (non-hydrogen) atoms. The van der Waals surface area contributed by atoms with Crippen LogP contribution >= 0.6 is 0 Å². The molecular weight excluding hydrogens is 214 g/mol. The molecule has 0 aliphatic heterocycles. The number of anilines is 1. The molecule has 0 amide bonds. The maximum atomic E-state index is 5.73. The lowest BCUT2D eigenvalue weighted by Crippen LogP contribution is -2.04. The molecular formula is C12H13N5. The van der Waals surface area contributed by atoms with E-state index in [4.69, 9.17) is 5.73 Å². The van der Waals surface area contributed by atoms with E-state index in [-0.39, 0.29) is 0 Å². The molecule has 0 atom stereocenters. The van der Waals surface area contributed by atoms with Crippen LogP contribution in [0.1, 0.15) is 5.69 Å². The van der Waals surface area contributed by atoms with Gasteiger partial charge >= 0.3 is 0 Å². The number of nitrogens with zero attached hydrogens (tertiary/aromatic N) is 4. The number of hydrogen-bond donors (Lipinski definition) is 1. The van der Waals surface area contributed by atoms with Crippen LogP contribution in [-0.4, -0.2) is 19.3 Å². The zero-order valence-corrected chi connectivity index (χ0v) is 9.54. The molecule has 5 nitrogen and oxygen atoms in total. The Morgan fingerprint density at radius 3 is 2.94 bits per heavy atom. The zero-order chi connectivity index (χ0) is 11.8. The monoisotopic (exact) mass is 227 g/mol.